The second-order valence-electron chi connectivity index (χ2n) is 13.6. The first-order valence-corrected chi connectivity index (χ1v) is 21.5. The monoisotopic (exact) mass is 733 g/mol. The van der Waals surface area contributed by atoms with E-state index in [4.69, 9.17) is 9.47 Å². The molecule has 0 bridgehead atoms. The Morgan fingerprint density at radius 3 is 1.19 bits per heavy atom. The van der Waals surface area contributed by atoms with Gasteiger partial charge in [-0.3, -0.25) is 4.79 Å². The second-order valence-corrected chi connectivity index (χ2v) is 13.6. The van der Waals surface area contributed by atoms with Crippen LogP contribution in [-0.2, 0) is 14.3 Å². The van der Waals surface area contributed by atoms with Crippen molar-refractivity contribution in [3.63, 3.8) is 0 Å². The lowest BCUT2D eigenvalue weighted by Gasteiger charge is -2.15. The summed E-state index contributed by atoms with van der Waals surface area (Å²) in [5.74, 6) is -0.232. The first kappa shape index (κ1) is 50.1. The Labute approximate surface area is 327 Å². The molecular formula is C49H80O4. The van der Waals surface area contributed by atoms with Gasteiger partial charge in [0.25, 0.3) is 0 Å². The molecule has 0 aromatic heterocycles. The van der Waals surface area contributed by atoms with Gasteiger partial charge in [-0.05, 0) is 83.5 Å². The van der Waals surface area contributed by atoms with E-state index < -0.39 is 6.10 Å². The number of aliphatic hydroxyl groups is 1. The van der Waals surface area contributed by atoms with E-state index in [0.29, 0.717) is 13.0 Å². The van der Waals surface area contributed by atoms with E-state index in [1.165, 1.54) is 70.6 Å². The summed E-state index contributed by atoms with van der Waals surface area (Å²) >= 11 is 0. The maximum atomic E-state index is 12.2. The Morgan fingerprint density at radius 1 is 0.453 bits per heavy atom. The maximum absolute atomic E-state index is 12.2. The van der Waals surface area contributed by atoms with E-state index in [1.54, 1.807) is 0 Å². The molecule has 0 heterocycles. The average Bonchev–Trinajstić information content (AvgIpc) is 3.16. The lowest BCUT2D eigenvalue weighted by atomic mass is 10.0. The first-order chi connectivity index (χ1) is 26.2. The fourth-order valence-corrected chi connectivity index (χ4v) is 5.50. The summed E-state index contributed by atoms with van der Waals surface area (Å²) in [6, 6.07) is 0. The van der Waals surface area contributed by atoms with Gasteiger partial charge in [0.2, 0.25) is 0 Å². The Kier molecular flexibility index (Phi) is 42.7. The third-order valence-electron chi connectivity index (χ3n) is 8.61. The van der Waals surface area contributed by atoms with Gasteiger partial charge in [0.15, 0.2) is 0 Å². The summed E-state index contributed by atoms with van der Waals surface area (Å²) in [5.41, 5.74) is 0. The summed E-state index contributed by atoms with van der Waals surface area (Å²) < 4.78 is 11.1. The number of hydrogen-bond acceptors (Lipinski definition) is 4. The van der Waals surface area contributed by atoms with Gasteiger partial charge in [0.1, 0.15) is 6.10 Å². The van der Waals surface area contributed by atoms with Crippen LogP contribution in [-0.4, -0.2) is 37.0 Å². The average molecular weight is 733 g/mol. The molecule has 1 N–H and O–H groups in total. The van der Waals surface area contributed by atoms with Crippen molar-refractivity contribution in [1.82, 2.24) is 0 Å². The molecule has 1 atom stereocenters. The van der Waals surface area contributed by atoms with Gasteiger partial charge in [-0.2, -0.15) is 0 Å². The van der Waals surface area contributed by atoms with Crippen LogP contribution < -0.4 is 0 Å². The molecule has 0 aromatic carbocycles. The molecule has 0 fully saturated rings. The number of ether oxygens (including phenoxy) is 2. The molecule has 0 aliphatic heterocycles. The Bertz CT molecular complexity index is 1040. The van der Waals surface area contributed by atoms with E-state index >= 15 is 0 Å². The van der Waals surface area contributed by atoms with Gasteiger partial charge < -0.3 is 14.6 Å². The third kappa shape index (κ3) is 43.3. The summed E-state index contributed by atoms with van der Waals surface area (Å²) in [7, 11) is 0. The van der Waals surface area contributed by atoms with Gasteiger partial charge in [-0.15, -0.1) is 0 Å². The summed E-state index contributed by atoms with van der Waals surface area (Å²) in [6.45, 7) is 4.89. The van der Waals surface area contributed by atoms with E-state index in [-0.39, 0.29) is 19.2 Å². The van der Waals surface area contributed by atoms with Crippen molar-refractivity contribution in [2.24, 2.45) is 0 Å². The number of hydrogen-bond donors (Lipinski definition) is 1. The zero-order valence-corrected chi connectivity index (χ0v) is 34.2. The van der Waals surface area contributed by atoms with Crippen LogP contribution in [0.2, 0.25) is 0 Å². The van der Waals surface area contributed by atoms with E-state index in [2.05, 4.69) is 123 Å². The zero-order valence-electron chi connectivity index (χ0n) is 34.2. The fourth-order valence-electron chi connectivity index (χ4n) is 5.50. The lowest BCUT2D eigenvalue weighted by molar-refractivity contribution is -0.154. The number of unbranched alkanes of at least 4 members (excludes halogenated alkanes) is 12. The number of carbonyl (C=O) groups excluding carboxylic acids is 1. The van der Waals surface area contributed by atoms with Crippen LogP contribution in [0.4, 0.5) is 0 Å². The Morgan fingerprint density at radius 2 is 0.792 bits per heavy atom. The van der Waals surface area contributed by atoms with Crippen molar-refractivity contribution >= 4 is 5.97 Å². The van der Waals surface area contributed by atoms with Gasteiger partial charge >= 0.3 is 5.97 Å². The summed E-state index contributed by atoms with van der Waals surface area (Å²) in [6.07, 6.45) is 66.0. The Hall–Kier alpha value is -2.95. The minimum atomic E-state index is -0.582. The van der Waals surface area contributed by atoms with Crippen molar-refractivity contribution in [3.8, 4) is 0 Å². The topological polar surface area (TPSA) is 55.8 Å². The molecule has 0 aliphatic carbocycles. The quantitative estimate of drug-likeness (QED) is 0.0390. The predicted octanol–water partition coefficient (Wildman–Crippen LogP) is 14.3. The van der Waals surface area contributed by atoms with E-state index in [0.717, 1.165) is 77.0 Å². The van der Waals surface area contributed by atoms with Crippen LogP contribution in [0.25, 0.3) is 0 Å². The van der Waals surface area contributed by atoms with E-state index in [1.807, 2.05) is 0 Å². The summed E-state index contributed by atoms with van der Waals surface area (Å²) in [4.78, 5) is 12.2. The number of esters is 1. The van der Waals surface area contributed by atoms with Crippen molar-refractivity contribution in [1.29, 1.82) is 0 Å². The molecule has 0 amide bonds. The van der Waals surface area contributed by atoms with Crippen LogP contribution >= 0.6 is 0 Å². The van der Waals surface area contributed by atoms with E-state index in [9.17, 15) is 9.90 Å². The molecule has 0 saturated heterocycles. The van der Waals surface area contributed by atoms with Crippen molar-refractivity contribution in [2.75, 3.05) is 19.8 Å². The zero-order chi connectivity index (χ0) is 38.4. The van der Waals surface area contributed by atoms with Crippen LogP contribution in [0, 0.1) is 0 Å². The molecular weight excluding hydrogens is 653 g/mol. The molecule has 0 rings (SSSR count). The van der Waals surface area contributed by atoms with Gasteiger partial charge in [0.05, 0.1) is 19.8 Å². The minimum absolute atomic E-state index is 0.209. The minimum Gasteiger partial charge on any atom is -0.457 e. The smallest absolute Gasteiger partial charge is 0.306 e. The van der Waals surface area contributed by atoms with Crippen LogP contribution in [0.1, 0.15) is 168 Å². The highest BCUT2D eigenvalue weighted by atomic mass is 16.6. The van der Waals surface area contributed by atoms with Gasteiger partial charge in [-0.1, -0.05) is 187 Å². The highest BCUT2D eigenvalue weighted by Crippen LogP contribution is 2.14. The molecule has 0 spiro atoms. The molecule has 0 radical (unpaired) electrons. The summed E-state index contributed by atoms with van der Waals surface area (Å²) in [5, 5.41) is 9.59. The number of allylic oxidation sites excluding steroid dienone is 17. The molecule has 1 unspecified atom stereocenters. The number of aliphatic hydroxyl groups excluding tert-OH is 1. The van der Waals surface area contributed by atoms with Crippen molar-refractivity contribution < 1.29 is 19.4 Å². The first-order valence-electron chi connectivity index (χ1n) is 21.5. The molecule has 0 aliphatic rings. The van der Waals surface area contributed by atoms with Crippen LogP contribution in [0.5, 0.6) is 0 Å². The molecule has 300 valence electrons. The van der Waals surface area contributed by atoms with Gasteiger partial charge in [0, 0.05) is 6.42 Å². The molecule has 4 nitrogen and oxygen atoms in total. The number of carbonyl (C=O) groups is 1. The number of rotatable bonds is 38. The molecule has 4 heteroatoms. The highest BCUT2D eigenvalue weighted by molar-refractivity contribution is 5.69. The van der Waals surface area contributed by atoms with Crippen LogP contribution in [0.3, 0.4) is 0 Å². The largest absolute Gasteiger partial charge is 0.457 e. The lowest BCUT2D eigenvalue weighted by Crippen LogP contribution is -2.27. The predicted molar refractivity (Wildman–Crippen MR) is 232 cm³/mol. The standard InChI is InChI=1S/C49H80O4/c1-3-5-7-9-11-13-15-17-19-21-22-23-24-25-26-27-28-29-30-32-34-36-38-40-42-44-49(51)53-48(46-50)47-52-45-43-41-39-37-35-33-31-20-18-16-14-12-10-8-6-4-2/h5-8,11-14,17-20,22-23,33,35,39,41,48,50H,3-4,9-10,15-16,21,24-32,34,36-38,40,42-47H2,1-2H3/b7-5-,8-6-,13-11-,14-12-,19-17-,20-18-,23-22-,35-33-,41-39-. The highest BCUT2D eigenvalue weighted by Gasteiger charge is 2.13. The molecule has 53 heavy (non-hydrogen) atoms. The molecule has 0 aromatic rings. The normalized spacial score (nSPS) is 13.5. The Balaban J connectivity index is 3.54. The second kappa shape index (κ2) is 45.2. The van der Waals surface area contributed by atoms with Gasteiger partial charge in [-0.25, -0.2) is 0 Å². The van der Waals surface area contributed by atoms with Crippen molar-refractivity contribution in [3.05, 3.63) is 109 Å². The third-order valence-corrected chi connectivity index (χ3v) is 8.61. The molecule has 0 saturated carbocycles. The fraction of sp³-hybridized carbons (Fsp3) is 0.612. The van der Waals surface area contributed by atoms with Crippen LogP contribution in [0.15, 0.2) is 109 Å². The van der Waals surface area contributed by atoms with Crippen molar-refractivity contribution in [2.45, 2.75) is 174 Å². The maximum Gasteiger partial charge on any atom is 0.306 e. The SMILES string of the molecule is CC/C=C\C/C=C\C/C=C\C/C=C\C/C=C\CCOCC(CO)OC(=O)CCCCCCCCCCCCCC/C=C\C/C=C\C/C=C\C/C=C\CC.